The van der Waals surface area contributed by atoms with Gasteiger partial charge >= 0.3 is 5.97 Å². The van der Waals surface area contributed by atoms with Gasteiger partial charge in [0, 0.05) is 6.42 Å². The van der Waals surface area contributed by atoms with Crippen LogP contribution in [0.2, 0.25) is 0 Å². The van der Waals surface area contributed by atoms with Gasteiger partial charge in [0.1, 0.15) is 0 Å². The number of ether oxygens (including phenoxy) is 2. The molecule has 0 saturated heterocycles. The maximum absolute atomic E-state index is 13.8. The van der Waals surface area contributed by atoms with Crippen LogP contribution in [0, 0.1) is 5.82 Å². The van der Waals surface area contributed by atoms with Gasteiger partial charge in [-0.05, 0) is 36.2 Å². The van der Waals surface area contributed by atoms with Crippen molar-refractivity contribution < 1.29 is 23.5 Å². The molecule has 5 nitrogen and oxygen atoms in total. The summed E-state index contributed by atoms with van der Waals surface area (Å²) in [5, 5.41) is 2.76. The van der Waals surface area contributed by atoms with Crippen LogP contribution < -0.4 is 10.1 Å². The van der Waals surface area contributed by atoms with Gasteiger partial charge in [0.2, 0.25) is 0 Å². The average Bonchev–Trinajstić information content (AvgIpc) is 2.61. The minimum Gasteiger partial charge on any atom is -0.494 e. The molecule has 6 heteroatoms. The predicted octanol–water partition coefficient (Wildman–Crippen LogP) is 2.79. The summed E-state index contributed by atoms with van der Waals surface area (Å²) in [6.07, 6.45) is -0.579. The summed E-state index contributed by atoms with van der Waals surface area (Å²) in [5.74, 6) is -1.28. The number of cyclic esters (lactones) is 1. The molecule has 1 heterocycles. The molecule has 0 unspecified atom stereocenters. The Morgan fingerprint density at radius 3 is 2.80 bits per heavy atom. The topological polar surface area (TPSA) is 64.6 Å². The summed E-state index contributed by atoms with van der Waals surface area (Å²) in [4.78, 5) is 24.4. The van der Waals surface area contributed by atoms with E-state index < -0.39 is 29.8 Å². The van der Waals surface area contributed by atoms with E-state index in [9.17, 15) is 14.0 Å². The molecule has 3 rings (SSSR count). The molecule has 1 aliphatic rings. The fourth-order valence-corrected chi connectivity index (χ4v) is 2.82. The Bertz CT molecular complexity index is 821. The highest BCUT2D eigenvalue weighted by atomic mass is 19.1. The summed E-state index contributed by atoms with van der Waals surface area (Å²) in [5.41, 5.74) is 1.85. The van der Waals surface area contributed by atoms with E-state index >= 15 is 0 Å². The van der Waals surface area contributed by atoms with Crippen molar-refractivity contribution in [1.82, 2.24) is 5.32 Å². The summed E-state index contributed by atoms with van der Waals surface area (Å²) >= 11 is 0. The smallest absolute Gasteiger partial charge is 0.339 e. The van der Waals surface area contributed by atoms with Crippen molar-refractivity contribution in [3.8, 4) is 5.75 Å². The van der Waals surface area contributed by atoms with Crippen molar-refractivity contribution in [3.63, 3.8) is 0 Å². The van der Waals surface area contributed by atoms with Crippen LogP contribution in [0.1, 0.15) is 34.5 Å². The molecule has 130 valence electrons. The number of hydrogen-bond acceptors (Lipinski definition) is 4. The van der Waals surface area contributed by atoms with Crippen LogP contribution in [-0.2, 0) is 16.0 Å². The third-order valence-electron chi connectivity index (χ3n) is 4.22. The van der Waals surface area contributed by atoms with E-state index in [0.717, 1.165) is 5.56 Å². The first kappa shape index (κ1) is 17.0. The molecule has 0 fully saturated rings. The Labute approximate surface area is 144 Å². The van der Waals surface area contributed by atoms with Crippen LogP contribution in [0.3, 0.4) is 0 Å². The van der Waals surface area contributed by atoms with Crippen LogP contribution in [0.5, 0.6) is 5.75 Å². The fourth-order valence-electron chi connectivity index (χ4n) is 2.82. The lowest BCUT2D eigenvalue weighted by Crippen LogP contribution is -2.42. The Balaban J connectivity index is 1.70. The number of rotatable bonds is 4. The zero-order valence-electron chi connectivity index (χ0n) is 13.9. The molecule has 1 amide bonds. The lowest BCUT2D eigenvalue weighted by atomic mass is 9.98. The maximum Gasteiger partial charge on any atom is 0.339 e. The van der Waals surface area contributed by atoms with Crippen LogP contribution in [0.4, 0.5) is 4.39 Å². The zero-order valence-corrected chi connectivity index (χ0v) is 13.9. The van der Waals surface area contributed by atoms with Gasteiger partial charge in [0.15, 0.2) is 17.7 Å². The van der Waals surface area contributed by atoms with Crippen molar-refractivity contribution >= 4 is 11.9 Å². The van der Waals surface area contributed by atoms with E-state index in [2.05, 4.69) is 5.32 Å². The number of nitrogens with one attached hydrogen (secondary N) is 1. The Kier molecular flexibility index (Phi) is 4.70. The third-order valence-corrected chi connectivity index (χ3v) is 4.22. The first-order chi connectivity index (χ1) is 12.0. The molecule has 2 aromatic rings. The van der Waals surface area contributed by atoms with Gasteiger partial charge in [-0.25, -0.2) is 9.18 Å². The number of hydrogen-bond donors (Lipinski definition) is 1. The van der Waals surface area contributed by atoms with Gasteiger partial charge in [-0.15, -0.1) is 0 Å². The number of carbonyl (C=O) groups excluding carboxylic acids is 2. The Morgan fingerprint density at radius 1 is 1.32 bits per heavy atom. The molecule has 2 aromatic carbocycles. The quantitative estimate of drug-likeness (QED) is 0.867. The summed E-state index contributed by atoms with van der Waals surface area (Å²) in [6.45, 7) is 1.73. The Hall–Kier alpha value is -2.89. The molecule has 25 heavy (non-hydrogen) atoms. The van der Waals surface area contributed by atoms with Crippen molar-refractivity contribution in [3.05, 3.63) is 65.0 Å². The van der Waals surface area contributed by atoms with Crippen molar-refractivity contribution in [2.24, 2.45) is 0 Å². The molecule has 0 aliphatic carbocycles. The zero-order chi connectivity index (χ0) is 18.0. The number of carbonyl (C=O) groups is 2. The normalized spacial score (nSPS) is 17.2. The minimum atomic E-state index is -0.895. The summed E-state index contributed by atoms with van der Waals surface area (Å²) in [7, 11) is 1.39. The molecule has 1 N–H and O–H groups in total. The first-order valence-corrected chi connectivity index (χ1v) is 7.92. The molecular formula is C19H18FNO4. The van der Waals surface area contributed by atoms with E-state index in [-0.39, 0.29) is 5.75 Å². The first-order valence-electron chi connectivity index (χ1n) is 7.92. The highest BCUT2D eigenvalue weighted by Crippen LogP contribution is 2.23. The molecular weight excluding hydrogens is 325 g/mol. The summed E-state index contributed by atoms with van der Waals surface area (Å²) in [6, 6.07) is 11.1. The molecule has 0 bridgehead atoms. The van der Waals surface area contributed by atoms with E-state index in [0.29, 0.717) is 17.5 Å². The van der Waals surface area contributed by atoms with E-state index in [4.69, 9.17) is 9.47 Å². The second-order valence-corrected chi connectivity index (χ2v) is 5.88. The standard InChI is InChI=1S/C19H18FNO4/c1-11(12-7-8-16(24-2)15(20)9-12)21-18(22)17-10-13-5-3-4-6-14(13)19(23)25-17/h3-9,11,17H,10H2,1-2H3,(H,21,22)/t11-,17-/m0/s1. The van der Waals surface area contributed by atoms with Gasteiger partial charge in [0.25, 0.3) is 5.91 Å². The van der Waals surface area contributed by atoms with E-state index in [1.807, 2.05) is 6.07 Å². The third kappa shape index (κ3) is 3.47. The second kappa shape index (κ2) is 6.93. The summed E-state index contributed by atoms with van der Waals surface area (Å²) < 4.78 is 23.9. The lowest BCUT2D eigenvalue weighted by molar-refractivity contribution is -0.131. The van der Waals surface area contributed by atoms with Gasteiger partial charge in [-0.2, -0.15) is 0 Å². The number of benzene rings is 2. The average molecular weight is 343 g/mol. The highest BCUT2D eigenvalue weighted by molar-refractivity contribution is 5.95. The Morgan fingerprint density at radius 2 is 2.08 bits per heavy atom. The number of halogens is 1. The van der Waals surface area contributed by atoms with Crippen LogP contribution in [-0.4, -0.2) is 25.1 Å². The van der Waals surface area contributed by atoms with Gasteiger partial charge in [0.05, 0.1) is 18.7 Å². The SMILES string of the molecule is COc1ccc([C@H](C)NC(=O)[C@@H]2Cc3ccccc3C(=O)O2)cc1F. The highest BCUT2D eigenvalue weighted by Gasteiger charge is 2.31. The fraction of sp³-hybridized carbons (Fsp3) is 0.263. The number of amides is 1. The number of fused-ring (bicyclic) bond motifs is 1. The van der Waals surface area contributed by atoms with Gasteiger partial charge in [-0.3, -0.25) is 4.79 Å². The second-order valence-electron chi connectivity index (χ2n) is 5.88. The van der Waals surface area contributed by atoms with Gasteiger partial charge < -0.3 is 14.8 Å². The van der Waals surface area contributed by atoms with E-state index in [1.54, 1.807) is 31.2 Å². The molecule has 1 aliphatic heterocycles. The molecule has 2 atom stereocenters. The predicted molar refractivity (Wildman–Crippen MR) is 88.9 cm³/mol. The van der Waals surface area contributed by atoms with Crippen molar-refractivity contribution in [2.45, 2.75) is 25.5 Å². The minimum absolute atomic E-state index is 0.139. The lowest BCUT2D eigenvalue weighted by Gasteiger charge is -2.25. The van der Waals surface area contributed by atoms with Crippen molar-refractivity contribution in [2.75, 3.05) is 7.11 Å². The monoisotopic (exact) mass is 343 g/mol. The van der Waals surface area contributed by atoms with Crippen LogP contribution in [0.15, 0.2) is 42.5 Å². The van der Waals surface area contributed by atoms with Gasteiger partial charge in [-0.1, -0.05) is 24.3 Å². The van der Waals surface area contributed by atoms with E-state index in [1.165, 1.54) is 19.2 Å². The maximum atomic E-state index is 13.8. The van der Waals surface area contributed by atoms with Crippen LogP contribution in [0.25, 0.3) is 0 Å². The molecule has 0 spiro atoms. The molecule has 0 saturated carbocycles. The number of methoxy groups -OCH3 is 1. The largest absolute Gasteiger partial charge is 0.494 e. The number of esters is 1. The molecule has 0 radical (unpaired) electrons. The van der Waals surface area contributed by atoms with Crippen molar-refractivity contribution in [1.29, 1.82) is 0 Å². The van der Waals surface area contributed by atoms with Crippen LogP contribution >= 0.6 is 0 Å². The molecule has 0 aromatic heterocycles.